The molecule has 0 aromatic heterocycles. The molecule has 0 unspecified atom stereocenters. The second-order valence-electron chi connectivity index (χ2n) is 4.05. The van der Waals surface area contributed by atoms with E-state index in [-0.39, 0.29) is 0 Å². The largest absolute Gasteiger partial charge is 0.413 e. The molecule has 0 fully saturated rings. The zero-order valence-corrected chi connectivity index (χ0v) is 11.2. The Morgan fingerprint density at radius 2 is 1.50 bits per heavy atom. The average Bonchev–Trinajstić information content (AvgIpc) is 1.80. The summed E-state index contributed by atoms with van der Waals surface area (Å²) >= 11 is 4.93. The van der Waals surface area contributed by atoms with E-state index in [4.69, 9.17) is 0 Å². The smallest absolute Gasteiger partial charge is 0.299 e. The summed E-state index contributed by atoms with van der Waals surface area (Å²) in [6, 6.07) is 0. The lowest BCUT2D eigenvalue weighted by atomic mass is 9.88. The third kappa shape index (κ3) is 3.88. The van der Waals surface area contributed by atoms with Crippen LogP contribution in [0.15, 0.2) is 0 Å². The van der Waals surface area contributed by atoms with E-state index in [0.29, 0.717) is 0 Å². The highest BCUT2D eigenvalue weighted by molar-refractivity contribution is 9.25. The van der Waals surface area contributed by atoms with Crippen molar-refractivity contribution in [1.29, 1.82) is 0 Å². The zero-order chi connectivity index (χ0) is 11.8. The molecular weight excluding hydrogens is 329 g/mol. The van der Waals surface area contributed by atoms with E-state index < -0.39 is 27.0 Å². The summed E-state index contributed by atoms with van der Waals surface area (Å²) in [5.74, 6) is -0.455. The van der Waals surface area contributed by atoms with Crippen molar-refractivity contribution in [2.45, 2.75) is 36.6 Å². The molecule has 0 saturated carbocycles. The number of alkyl halides is 5. The van der Waals surface area contributed by atoms with Crippen molar-refractivity contribution in [2.75, 3.05) is 0 Å². The Labute approximate surface area is 97.7 Å². The van der Waals surface area contributed by atoms with Crippen LogP contribution in [0.25, 0.3) is 0 Å². The molecule has 0 aliphatic heterocycles. The van der Waals surface area contributed by atoms with Gasteiger partial charge in [-0.15, -0.1) is 0 Å². The molecule has 0 heterocycles. The van der Waals surface area contributed by atoms with Crippen LogP contribution in [-0.2, 0) is 4.79 Å². The Kier molecular flexibility index (Phi) is 4.24. The highest BCUT2D eigenvalue weighted by Crippen LogP contribution is 2.46. The summed E-state index contributed by atoms with van der Waals surface area (Å²) in [4.78, 5) is 11.4. The van der Waals surface area contributed by atoms with Gasteiger partial charge in [-0.2, -0.15) is 13.2 Å². The van der Waals surface area contributed by atoms with Gasteiger partial charge in [-0.05, 0) is 0 Å². The molecule has 14 heavy (non-hydrogen) atoms. The van der Waals surface area contributed by atoms with Crippen molar-refractivity contribution in [2.24, 2.45) is 5.41 Å². The van der Waals surface area contributed by atoms with E-state index in [1.165, 1.54) is 0 Å². The number of carbonyl (C=O) groups is 1. The molecule has 0 bridgehead atoms. The maximum atomic E-state index is 12.3. The quantitative estimate of drug-likeness (QED) is 0.694. The highest BCUT2D eigenvalue weighted by Gasteiger charge is 2.53. The van der Waals surface area contributed by atoms with Crippen LogP contribution in [0.2, 0.25) is 0 Å². The first kappa shape index (κ1) is 14.4. The number of Topliss-reactive ketones (excluding diaryl/α,β-unsaturated/α-hetero) is 1. The number of hydrogen-bond acceptors (Lipinski definition) is 1. The van der Waals surface area contributed by atoms with E-state index in [2.05, 4.69) is 31.9 Å². The fourth-order valence-corrected chi connectivity index (χ4v) is 1.08. The van der Waals surface area contributed by atoms with Gasteiger partial charge in [0.1, 0.15) is 5.78 Å². The van der Waals surface area contributed by atoms with Crippen LogP contribution in [0.5, 0.6) is 0 Å². The zero-order valence-electron chi connectivity index (χ0n) is 8.01. The maximum absolute atomic E-state index is 12.3. The van der Waals surface area contributed by atoms with Crippen LogP contribution >= 0.6 is 31.9 Å². The molecule has 0 aliphatic carbocycles. The van der Waals surface area contributed by atoms with Crippen molar-refractivity contribution in [3.63, 3.8) is 0 Å². The Morgan fingerprint density at radius 1 is 1.14 bits per heavy atom. The van der Waals surface area contributed by atoms with Gasteiger partial charge >= 0.3 is 6.18 Å². The molecule has 0 amide bonds. The summed E-state index contributed by atoms with van der Waals surface area (Å²) in [6.45, 7) is 4.76. The van der Waals surface area contributed by atoms with Crippen LogP contribution < -0.4 is 0 Å². The number of ketones is 1. The van der Waals surface area contributed by atoms with E-state index in [9.17, 15) is 18.0 Å². The fourth-order valence-electron chi connectivity index (χ4n) is 0.567. The van der Waals surface area contributed by atoms with E-state index in [1.807, 2.05) is 0 Å². The summed E-state index contributed by atoms with van der Waals surface area (Å²) in [5.41, 5.74) is -0.766. The molecule has 0 radical (unpaired) electrons. The van der Waals surface area contributed by atoms with Crippen molar-refractivity contribution < 1.29 is 18.0 Å². The molecule has 0 N–H and O–H groups in total. The second kappa shape index (κ2) is 4.12. The summed E-state index contributed by atoms with van der Waals surface area (Å²) < 4.78 is 34.7. The SMILES string of the molecule is CC(C)(C)C(=O)CC(Br)(Br)C(F)(F)F. The standard InChI is InChI=1S/C8H11Br2F3O/c1-6(2,3)5(14)4-7(9,10)8(11,12)13/h4H2,1-3H3. The minimum absolute atomic E-state index is 0.455. The topological polar surface area (TPSA) is 17.1 Å². The van der Waals surface area contributed by atoms with Gasteiger partial charge in [0.2, 0.25) is 0 Å². The minimum Gasteiger partial charge on any atom is -0.299 e. The molecule has 0 saturated heterocycles. The van der Waals surface area contributed by atoms with Gasteiger partial charge in [0.05, 0.1) is 0 Å². The highest BCUT2D eigenvalue weighted by atomic mass is 79.9. The normalized spacial score (nSPS) is 14.3. The van der Waals surface area contributed by atoms with Gasteiger partial charge in [0.15, 0.2) is 3.23 Å². The Balaban J connectivity index is 4.62. The summed E-state index contributed by atoms with van der Waals surface area (Å²) in [5, 5.41) is 0. The van der Waals surface area contributed by atoms with Crippen molar-refractivity contribution in [3.8, 4) is 0 Å². The molecule has 0 spiro atoms. The first-order chi connectivity index (χ1) is 5.88. The fraction of sp³-hybridized carbons (Fsp3) is 0.875. The lowest BCUT2D eigenvalue weighted by Crippen LogP contribution is -2.38. The molecule has 84 valence electrons. The van der Waals surface area contributed by atoms with Crippen molar-refractivity contribution in [1.82, 2.24) is 0 Å². The van der Waals surface area contributed by atoms with Crippen LogP contribution in [-0.4, -0.2) is 15.2 Å². The number of halogens is 5. The molecule has 0 aromatic rings. The third-order valence-electron chi connectivity index (χ3n) is 1.63. The van der Waals surface area contributed by atoms with E-state index >= 15 is 0 Å². The van der Waals surface area contributed by atoms with Crippen LogP contribution in [0.1, 0.15) is 27.2 Å². The first-order valence-corrected chi connectivity index (χ1v) is 5.44. The molecule has 1 nitrogen and oxygen atoms in total. The maximum Gasteiger partial charge on any atom is 0.413 e. The van der Waals surface area contributed by atoms with Crippen molar-refractivity contribution in [3.05, 3.63) is 0 Å². The number of rotatable bonds is 2. The van der Waals surface area contributed by atoms with Gasteiger partial charge in [-0.3, -0.25) is 4.79 Å². The van der Waals surface area contributed by atoms with Gasteiger partial charge in [0.25, 0.3) is 0 Å². The Hall–Kier alpha value is 0.420. The minimum atomic E-state index is -4.49. The molecule has 6 heteroatoms. The monoisotopic (exact) mass is 338 g/mol. The Bertz CT molecular complexity index is 228. The lowest BCUT2D eigenvalue weighted by Gasteiger charge is -2.26. The predicted octanol–water partition coefficient (Wildman–Crippen LogP) is 4.04. The molecule has 0 aliphatic rings. The predicted molar refractivity (Wildman–Crippen MR) is 55.7 cm³/mol. The average molecular weight is 340 g/mol. The first-order valence-electron chi connectivity index (χ1n) is 3.86. The van der Waals surface area contributed by atoms with Crippen molar-refractivity contribution >= 4 is 37.6 Å². The molecule has 0 aromatic carbocycles. The molecule has 0 atom stereocenters. The summed E-state index contributed by atoms with van der Waals surface area (Å²) in [7, 11) is 0. The van der Waals surface area contributed by atoms with Gasteiger partial charge in [-0.1, -0.05) is 52.6 Å². The van der Waals surface area contributed by atoms with E-state index in [1.54, 1.807) is 20.8 Å². The second-order valence-corrected chi connectivity index (χ2v) is 7.82. The van der Waals surface area contributed by atoms with Gasteiger partial charge < -0.3 is 0 Å². The third-order valence-corrected chi connectivity index (χ3v) is 3.09. The lowest BCUT2D eigenvalue weighted by molar-refractivity contribution is -0.146. The van der Waals surface area contributed by atoms with Crippen LogP contribution in [0.3, 0.4) is 0 Å². The van der Waals surface area contributed by atoms with Crippen LogP contribution in [0.4, 0.5) is 13.2 Å². The van der Waals surface area contributed by atoms with Gasteiger partial charge in [-0.25, -0.2) is 0 Å². The summed E-state index contributed by atoms with van der Waals surface area (Å²) in [6.07, 6.45) is -5.12. The Morgan fingerprint density at radius 3 is 1.71 bits per heavy atom. The van der Waals surface area contributed by atoms with E-state index in [0.717, 1.165) is 0 Å². The van der Waals surface area contributed by atoms with Gasteiger partial charge in [0, 0.05) is 11.8 Å². The van der Waals surface area contributed by atoms with Crippen LogP contribution in [0, 0.1) is 5.41 Å². The molecule has 0 rings (SSSR count). The molecular formula is C8H11Br2F3O. The number of hydrogen-bond donors (Lipinski definition) is 0. The number of carbonyl (C=O) groups excluding carboxylic acids is 1.